The first kappa shape index (κ1) is 12.8. The smallest absolute Gasteiger partial charge is 0.122 e. The Bertz CT molecular complexity index is 328. The van der Waals surface area contributed by atoms with Gasteiger partial charge in [-0.2, -0.15) is 0 Å². The average molecular weight is 225 g/mol. The molecule has 0 aliphatic carbocycles. The number of aliphatic hydroxyl groups excluding tert-OH is 1. The molecule has 1 aromatic rings. The predicted molar refractivity (Wildman–Crippen MR) is 63.0 cm³/mol. The standard InChI is InChI=1S/C12H19NO3/c1-13(9-14)7-6-10-8-11(15-2)4-5-12(10)16-3/h4-5,8,14H,6-7,9H2,1-3H3. The molecule has 0 amide bonds. The lowest BCUT2D eigenvalue weighted by Crippen LogP contribution is -2.22. The molecule has 0 fully saturated rings. The molecule has 1 N–H and O–H groups in total. The van der Waals surface area contributed by atoms with E-state index in [0.717, 1.165) is 30.0 Å². The normalized spacial score (nSPS) is 10.6. The monoisotopic (exact) mass is 225 g/mol. The van der Waals surface area contributed by atoms with Crippen LogP contribution in [0, 0.1) is 0 Å². The molecule has 0 saturated carbocycles. The third kappa shape index (κ3) is 3.40. The molecule has 4 heteroatoms. The first-order valence-electron chi connectivity index (χ1n) is 5.21. The Balaban J connectivity index is 2.75. The van der Waals surface area contributed by atoms with E-state index in [-0.39, 0.29) is 6.73 Å². The Labute approximate surface area is 96.4 Å². The van der Waals surface area contributed by atoms with Crippen molar-refractivity contribution in [2.45, 2.75) is 6.42 Å². The molecular weight excluding hydrogens is 206 g/mol. The number of rotatable bonds is 6. The van der Waals surface area contributed by atoms with Gasteiger partial charge >= 0.3 is 0 Å². The van der Waals surface area contributed by atoms with Crippen LogP contribution in [0.25, 0.3) is 0 Å². The van der Waals surface area contributed by atoms with Gasteiger partial charge in [-0.05, 0) is 37.2 Å². The maximum absolute atomic E-state index is 8.91. The molecule has 0 aliphatic rings. The number of likely N-dealkylation sites (N-methyl/N-ethyl adjacent to an activating group) is 1. The van der Waals surface area contributed by atoms with E-state index in [4.69, 9.17) is 14.6 Å². The Kier molecular flexibility index (Phi) is 5.08. The summed E-state index contributed by atoms with van der Waals surface area (Å²) in [5.74, 6) is 1.68. The van der Waals surface area contributed by atoms with Crippen molar-refractivity contribution in [2.24, 2.45) is 0 Å². The quantitative estimate of drug-likeness (QED) is 0.737. The van der Waals surface area contributed by atoms with Crippen LogP contribution in [-0.4, -0.2) is 44.5 Å². The highest BCUT2D eigenvalue weighted by atomic mass is 16.5. The molecule has 4 nitrogen and oxygen atoms in total. The molecule has 0 aliphatic heterocycles. The fourth-order valence-electron chi connectivity index (χ4n) is 1.46. The molecule has 0 unspecified atom stereocenters. The third-order valence-corrected chi connectivity index (χ3v) is 2.49. The summed E-state index contributed by atoms with van der Waals surface area (Å²) in [5.41, 5.74) is 1.09. The van der Waals surface area contributed by atoms with Crippen LogP contribution in [0.2, 0.25) is 0 Å². The summed E-state index contributed by atoms with van der Waals surface area (Å²) < 4.78 is 10.4. The van der Waals surface area contributed by atoms with Crippen molar-refractivity contribution in [1.29, 1.82) is 0 Å². The first-order valence-corrected chi connectivity index (χ1v) is 5.21. The maximum Gasteiger partial charge on any atom is 0.122 e. The number of aliphatic hydroxyl groups is 1. The fraction of sp³-hybridized carbons (Fsp3) is 0.500. The topological polar surface area (TPSA) is 41.9 Å². The number of ether oxygens (including phenoxy) is 2. The van der Waals surface area contributed by atoms with E-state index in [2.05, 4.69) is 0 Å². The lowest BCUT2D eigenvalue weighted by Gasteiger charge is -2.15. The van der Waals surface area contributed by atoms with Gasteiger partial charge in [-0.3, -0.25) is 4.90 Å². The van der Waals surface area contributed by atoms with Crippen LogP contribution in [0.5, 0.6) is 11.5 Å². The van der Waals surface area contributed by atoms with Crippen molar-refractivity contribution < 1.29 is 14.6 Å². The third-order valence-electron chi connectivity index (χ3n) is 2.49. The van der Waals surface area contributed by atoms with Crippen LogP contribution in [-0.2, 0) is 6.42 Å². The minimum Gasteiger partial charge on any atom is -0.497 e. The second-order valence-electron chi connectivity index (χ2n) is 3.65. The second-order valence-corrected chi connectivity index (χ2v) is 3.65. The number of hydrogen-bond donors (Lipinski definition) is 1. The van der Waals surface area contributed by atoms with E-state index in [9.17, 15) is 0 Å². The van der Waals surface area contributed by atoms with Gasteiger partial charge in [-0.25, -0.2) is 0 Å². The van der Waals surface area contributed by atoms with Crippen molar-refractivity contribution in [1.82, 2.24) is 4.90 Å². The Morgan fingerprint density at radius 2 is 2.00 bits per heavy atom. The lowest BCUT2D eigenvalue weighted by atomic mass is 10.1. The van der Waals surface area contributed by atoms with Gasteiger partial charge in [0.2, 0.25) is 0 Å². The average Bonchev–Trinajstić information content (AvgIpc) is 2.35. The summed E-state index contributed by atoms with van der Waals surface area (Å²) in [6, 6.07) is 5.73. The van der Waals surface area contributed by atoms with E-state index in [1.165, 1.54) is 0 Å². The number of methoxy groups -OCH3 is 2. The molecular formula is C12H19NO3. The summed E-state index contributed by atoms with van der Waals surface area (Å²) in [6.07, 6.45) is 0.817. The van der Waals surface area contributed by atoms with Gasteiger partial charge in [0.15, 0.2) is 0 Å². The van der Waals surface area contributed by atoms with Gasteiger partial charge in [-0.1, -0.05) is 0 Å². The Morgan fingerprint density at radius 1 is 1.25 bits per heavy atom. The largest absolute Gasteiger partial charge is 0.497 e. The predicted octanol–water partition coefficient (Wildman–Crippen LogP) is 1.13. The van der Waals surface area contributed by atoms with E-state index >= 15 is 0 Å². The number of hydrogen-bond acceptors (Lipinski definition) is 4. The lowest BCUT2D eigenvalue weighted by molar-refractivity contribution is 0.134. The minimum atomic E-state index is 0.0618. The van der Waals surface area contributed by atoms with Gasteiger partial charge in [0.25, 0.3) is 0 Å². The number of benzene rings is 1. The highest BCUT2D eigenvalue weighted by Gasteiger charge is 2.06. The zero-order valence-electron chi connectivity index (χ0n) is 10.1. The molecule has 0 saturated heterocycles. The van der Waals surface area contributed by atoms with Crippen molar-refractivity contribution in [2.75, 3.05) is 34.5 Å². The molecule has 1 rings (SSSR count). The van der Waals surface area contributed by atoms with Crippen LogP contribution in [0.1, 0.15) is 5.56 Å². The fourth-order valence-corrected chi connectivity index (χ4v) is 1.46. The second kappa shape index (κ2) is 6.35. The van der Waals surface area contributed by atoms with Crippen LogP contribution in [0.3, 0.4) is 0 Å². The van der Waals surface area contributed by atoms with Crippen molar-refractivity contribution in [3.05, 3.63) is 23.8 Å². The molecule has 1 aromatic carbocycles. The van der Waals surface area contributed by atoms with Crippen molar-refractivity contribution in [3.8, 4) is 11.5 Å². The van der Waals surface area contributed by atoms with Crippen molar-refractivity contribution in [3.63, 3.8) is 0 Å². The SMILES string of the molecule is COc1ccc(OC)c(CCN(C)CO)c1. The van der Waals surface area contributed by atoms with Crippen molar-refractivity contribution >= 4 is 0 Å². The number of nitrogens with zero attached hydrogens (tertiary/aromatic N) is 1. The zero-order chi connectivity index (χ0) is 12.0. The van der Waals surface area contributed by atoms with Crippen LogP contribution in [0.4, 0.5) is 0 Å². The van der Waals surface area contributed by atoms with Crippen LogP contribution < -0.4 is 9.47 Å². The van der Waals surface area contributed by atoms with Gasteiger partial charge in [0.1, 0.15) is 11.5 Å². The molecule has 16 heavy (non-hydrogen) atoms. The maximum atomic E-state index is 8.91. The van der Waals surface area contributed by atoms with Crippen LogP contribution >= 0.6 is 0 Å². The summed E-state index contributed by atoms with van der Waals surface area (Å²) in [5, 5.41) is 8.91. The van der Waals surface area contributed by atoms with Gasteiger partial charge < -0.3 is 14.6 Å². The zero-order valence-corrected chi connectivity index (χ0v) is 10.1. The summed E-state index contributed by atoms with van der Waals surface area (Å²) >= 11 is 0. The Morgan fingerprint density at radius 3 is 2.56 bits per heavy atom. The molecule has 90 valence electrons. The molecule has 0 heterocycles. The minimum absolute atomic E-state index is 0.0618. The molecule has 0 spiro atoms. The summed E-state index contributed by atoms with van der Waals surface area (Å²) in [6.45, 7) is 0.840. The molecule has 0 radical (unpaired) electrons. The van der Waals surface area contributed by atoms with Gasteiger partial charge in [0.05, 0.1) is 21.0 Å². The van der Waals surface area contributed by atoms with E-state index in [0.29, 0.717) is 0 Å². The van der Waals surface area contributed by atoms with E-state index < -0.39 is 0 Å². The van der Waals surface area contributed by atoms with Crippen LogP contribution in [0.15, 0.2) is 18.2 Å². The molecule has 0 atom stereocenters. The van der Waals surface area contributed by atoms with Gasteiger partial charge in [0, 0.05) is 6.54 Å². The molecule has 0 bridgehead atoms. The summed E-state index contributed by atoms with van der Waals surface area (Å²) in [7, 11) is 5.17. The van der Waals surface area contributed by atoms with E-state index in [1.807, 2.05) is 30.1 Å². The highest BCUT2D eigenvalue weighted by Crippen LogP contribution is 2.24. The van der Waals surface area contributed by atoms with Gasteiger partial charge in [-0.15, -0.1) is 0 Å². The highest BCUT2D eigenvalue weighted by molar-refractivity contribution is 5.40. The Hall–Kier alpha value is -1.26. The first-order chi connectivity index (χ1) is 7.71. The van der Waals surface area contributed by atoms with E-state index in [1.54, 1.807) is 14.2 Å². The summed E-state index contributed by atoms with van der Waals surface area (Å²) in [4.78, 5) is 1.83. The molecule has 0 aromatic heterocycles.